The van der Waals surface area contributed by atoms with E-state index in [1.807, 2.05) is 13.8 Å². The van der Waals surface area contributed by atoms with Crippen LogP contribution in [0.25, 0.3) is 0 Å². The molecule has 0 amide bonds. The second-order valence-electron chi connectivity index (χ2n) is 5.84. The molecule has 30 heavy (non-hydrogen) atoms. The van der Waals surface area contributed by atoms with Gasteiger partial charge in [-0.15, -0.1) is 6.42 Å². The molecule has 0 aromatic rings. The van der Waals surface area contributed by atoms with Gasteiger partial charge in [-0.2, -0.15) is 30.5 Å². The van der Waals surface area contributed by atoms with Gasteiger partial charge in [0.05, 0.1) is 13.3 Å². The molecule has 11 heteroatoms. The van der Waals surface area contributed by atoms with Gasteiger partial charge in [0.2, 0.25) is 0 Å². The first-order valence-electron chi connectivity index (χ1n) is 9.33. The maximum atomic E-state index is 12.3. The van der Waals surface area contributed by atoms with E-state index in [2.05, 4.69) is 24.8 Å². The molecule has 0 bridgehead atoms. The van der Waals surface area contributed by atoms with Crippen LogP contribution in [0, 0.1) is 5.92 Å². The maximum Gasteiger partial charge on any atom is 0.451 e. The first-order valence-corrected chi connectivity index (χ1v) is 12.5. The molecule has 0 rings (SSSR count). The number of rotatable bonds is 9. The van der Waals surface area contributed by atoms with Crippen molar-refractivity contribution in [3.05, 3.63) is 5.92 Å². The molecule has 1 atom stereocenters. The van der Waals surface area contributed by atoms with Crippen LogP contribution in [-0.2, 0) is 42.2 Å². The van der Waals surface area contributed by atoms with Gasteiger partial charge >= 0.3 is 12.0 Å². The van der Waals surface area contributed by atoms with Crippen LogP contribution in [0.15, 0.2) is 0 Å². The van der Waals surface area contributed by atoms with E-state index in [1.165, 1.54) is 18.9 Å². The molecular formula is C19H42F7O2SiY-. The Bertz CT molecular complexity index is 301. The Hall–Kier alpha value is 0.751. The van der Waals surface area contributed by atoms with E-state index in [0.717, 1.165) is 20.1 Å². The summed E-state index contributed by atoms with van der Waals surface area (Å²) in [5, 5.41) is 0. The predicted octanol–water partition coefficient (Wildman–Crippen LogP) is 7.30. The monoisotopic (exact) mass is 552 g/mol. The largest absolute Gasteiger partial charge is 0.451 e. The van der Waals surface area contributed by atoms with E-state index in [9.17, 15) is 30.7 Å². The van der Waals surface area contributed by atoms with Crippen molar-refractivity contribution >= 4 is 8.80 Å². The van der Waals surface area contributed by atoms with Crippen LogP contribution in [0.1, 0.15) is 48.5 Å². The Kier molecular flexibility index (Phi) is 44.1. The third-order valence-electron chi connectivity index (χ3n) is 2.65. The minimum absolute atomic E-state index is 0. The first kappa shape index (κ1) is 44.4. The van der Waals surface area contributed by atoms with Gasteiger partial charge in [-0.25, -0.2) is 4.39 Å². The molecule has 0 saturated heterocycles. The van der Waals surface area contributed by atoms with E-state index >= 15 is 0 Å². The second-order valence-corrected chi connectivity index (χ2v) is 9.03. The van der Waals surface area contributed by atoms with E-state index in [-0.39, 0.29) is 53.5 Å². The van der Waals surface area contributed by atoms with Crippen molar-refractivity contribution in [2.45, 2.75) is 79.6 Å². The summed E-state index contributed by atoms with van der Waals surface area (Å²) in [5.41, 5.74) is 0. The van der Waals surface area contributed by atoms with E-state index in [0.29, 0.717) is 6.42 Å². The Balaban J connectivity index is -0.0000000685. The molecule has 0 aromatic heterocycles. The summed E-state index contributed by atoms with van der Waals surface area (Å²) >= 11 is 0. The Morgan fingerprint density at radius 2 is 1.27 bits per heavy atom. The molecular weight excluding hydrogens is 510 g/mol. The van der Waals surface area contributed by atoms with Crippen molar-refractivity contribution in [2.75, 3.05) is 39.8 Å². The van der Waals surface area contributed by atoms with Crippen molar-refractivity contribution in [3.8, 4) is 0 Å². The number of halogens is 7. The first-order chi connectivity index (χ1) is 12.9. The zero-order valence-corrected chi connectivity index (χ0v) is 22.8. The number of hydrogen-bond acceptors (Lipinski definition) is 2. The topological polar surface area (TPSA) is 18.5 Å². The minimum Gasteiger partial charge on any atom is -0.382 e. The summed E-state index contributed by atoms with van der Waals surface area (Å²) in [6.45, 7) is 11.8. The van der Waals surface area contributed by atoms with Gasteiger partial charge in [-0.3, -0.25) is 8.78 Å². The zero-order valence-electron chi connectivity index (χ0n) is 18.8. The van der Waals surface area contributed by atoms with Crippen molar-refractivity contribution < 1.29 is 72.9 Å². The van der Waals surface area contributed by atoms with Gasteiger partial charge in [0, 0.05) is 61.3 Å². The quantitative estimate of drug-likeness (QED) is 0.170. The average Bonchev–Trinajstić information content (AvgIpc) is 2.56. The Morgan fingerprint density at radius 1 is 0.867 bits per heavy atom. The summed E-state index contributed by atoms with van der Waals surface area (Å²) in [6, 6.07) is 1.21. The summed E-state index contributed by atoms with van der Waals surface area (Å²) < 4.78 is 88.9. The van der Waals surface area contributed by atoms with Crippen LogP contribution in [0.3, 0.4) is 0 Å². The van der Waals surface area contributed by atoms with E-state index < -0.39 is 34.1 Å². The van der Waals surface area contributed by atoms with Crippen molar-refractivity contribution in [1.82, 2.24) is 0 Å². The third-order valence-corrected chi connectivity index (χ3v) is 4.17. The molecule has 0 N–H and O–H groups in total. The van der Waals surface area contributed by atoms with E-state index in [1.54, 1.807) is 0 Å². The van der Waals surface area contributed by atoms with Crippen LogP contribution in [0.2, 0.25) is 19.1 Å². The molecule has 187 valence electrons. The normalized spacial score (nSPS) is 12.0. The van der Waals surface area contributed by atoms with Gasteiger partial charge in [-0.05, 0) is 27.7 Å². The fourth-order valence-corrected chi connectivity index (χ4v) is 3.19. The number of ether oxygens (including phenoxy) is 2. The van der Waals surface area contributed by atoms with Crippen molar-refractivity contribution in [3.63, 3.8) is 0 Å². The molecule has 0 aliphatic heterocycles. The Labute approximate surface area is 206 Å². The molecule has 0 aliphatic rings. The third kappa shape index (κ3) is 33.4. The van der Waals surface area contributed by atoms with Gasteiger partial charge in [0.25, 0.3) is 0 Å². The predicted molar refractivity (Wildman–Crippen MR) is 111 cm³/mol. The van der Waals surface area contributed by atoms with Crippen LogP contribution < -0.4 is 0 Å². The maximum absolute atomic E-state index is 12.3. The molecule has 0 saturated carbocycles. The van der Waals surface area contributed by atoms with E-state index in [4.69, 9.17) is 4.74 Å². The summed E-state index contributed by atoms with van der Waals surface area (Å²) in [4.78, 5) is 0. The molecule has 0 heterocycles. The second kappa shape index (κ2) is 29.8. The zero-order chi connectivity index (χ0) is 23.2. The fourth-order valence-electron chi connectivity index (χ4n) is 1.59. The standard InChI is InChI=1S/C7H16FSi.C5H7F5O.C4H10O.C2H5F.CH4.Y/c1-7(4-5-8)6-9(2)3;1-2-11-4(7,3-6)5(8,9)10;1-3-5-4-2;1-2-3;;/h9H,4-6H2,1-3H3;2-3H2,1H3;3-4H2,1-2H3;2H2,1H3;1H4;/q-1;;;;;. The smallest absolute Gasteiger partial charge is 0.382 e. The molecule has 0 aliphatic carbocycles. The summed E-state index contributed by atoms with van der Waals surface area (Å²) in [5.74, 6) is -2.79. The Morgan fingerprint density at radius 3 is 1.40 bits per heavy atom. The summed E-state index contributed by atoms with van der Waals surface area (Å²) in [7, 11) is -0.464. The molecule has 1 radical (unpaired) electrons. The van der Waals surface area contributed by atoms with Crippen molar-refractivity contribution in [2.24, 2.45) is 0 Å². The summed E-state index contributed by atoms with van der Waals surface area (Å²) in [6.07, 6.45) is -4.62. The van der Waals surface area contributed by atoms with Crippen LogP contribution in [-0.4, -0.2) is 60.7 Å². The average molecular weight is 553 g/mol. The number of hydrogen-bond donors (Lipinski definition) is 0. The minimum atomic E-state index is -5.31. The van der Waals surface area contributed by atoms with Crippen LogP contribution in [0.5, 0.6) is 0 Å². The van der Waals surface area contributed by atoms with Crippen LogP contribution in [0.4, 0.5) is 30.7 Å². The van der Waals surface area contributed by atoms with Gasteiger partial charge in [0.1, 0.15) is 0 Å². The molecule has 0 fully saturated rings. The molecule has 1 unspecified atom stereocenters. The SMILES string of the molecule is C.CCF.CCOC(F)(CF)C(F)(F)F.CCOCC.C[C-](CCF)C[SiH](C)C.[Y]. The molecule has 0 spiro atoms. The number of alkyl halides is 7. The van der Waals surface area contributed by atoms with Gasteiger partial charge < -0.3 is 15.4 Å². The molecule has 0 aromatic carbocycles. The molecule has 2 nitrogen and oxygen atoms in total. The van der Waals surface area contributed by atoms with Crippen molar-refractivity contribution in [1.29, 1.82) is 0 Å². The van der Waals surface area contributed by atoms with Crippen LogP contribution >= 0.6 is 0 Å². The fraction of sp³-hybridized carbons (Fsp3) is 0.947. The van der Waals surface area contributed by atoms with Gasteiger partial charge in [0.15, 0.2) is 6.67 Å². The van der Waals surface area contributed by atoms with Gasteiger partial charge in [-0.1, -0.05) is 20.5 Å².